The Morgan fingerprint density at radius 2 is 2.40 bits per heavy atom. The third-order valence-electron chi connectivity index (χ3n) is 1.71. The topological polar surface area (TPSA) is 92.4 Å². The summed E-state index contributed by atoms with van der Waals surface area (Å²) in [4.78, 5) is 25.4. The summed E-state index contributed by atoms with van der Waals surface area (Å²) >= 11 is 0. The van der Waals surface area contributed by atoms with Crippen molar-refractivity contribution in [1.29, 1.82) is 0 Å². The maximum Gasteiger partial charge on any atom is 0.305 e. The van der Waals surface area contributed by atoms with Gasteiger partial charge in [0.15, 0.2) is 6.39 Å². The minimum atomic E-state index is -0.941. The molecular formula is C9H12N2O4. The lowest BCUT2D eigenvalue weighted by Gasteiger charge is -2.10. The van der Waals surface area contributed by atoms with Gasteiger partial charge >= 0.3 is 5.97 Å². The second-order valence-electron chi connectivity index (χ2n) is 3.22. The summed E-state index contributed by atoms with van der Waals surface area (Å²) in [5.41, 5.74) is 0.523. The van der Waals surface area contributed by atoms with Gasteiger partial charge in [-0.05, 0) is 6.92 Å². The van der Waals surface area contributed by atoms with Crippen LogP contribution in [0.15, 0.2) is 17.1 Å². The number of carboxylic acids is 1. The normalized spacial score (nSPS) is 12.1. The molecule has 6 nitrogen and oxygen atoms in total. The van der Waals surface area contributed by atoms with Crippen LogP contribution in [0, 0.1) is 0 Å². The van der Waals surface area contributed by atoms with Crippen LogP contribution in [0.25, 0.3) is 0 Å². The van der Waals surface area contributed by atoms with Gasteiger partial charge < -0.3 is 14.8 Å². The zero-order valence-corrected chi connectivity index (χ0v) is 8.27. The third-order valence-corrected chi connectivity index (χ3v) is 1.71. The lowest BCUT2D eigenvalue weighted by molar-refractivity contribution is -0.137. The average Bonchev–Trinajstić information content (AvgIpc) is 2.53. The predicted molar refractivity (Wildman–Crippen MR) is 50.1 cm³/mol. The van der Waals surface area contributed by atoms with E-state index >= 15 is 0 Å². The van der Waals surface area contributed by atoms with E-state index in [1.54, 1.807) is 6.92 Å². The molecule has 6 heteroatoms. The van der Waals surface area contributed by atoms with Crippen molar-refractivity contribution in [2.75, 3.05) is 0 Å². The monoisotopic (exact) mass is 212 g/mol. The Morgan fingerprint density at radius 3 is 2.93 bits per heavy atom. The zero-order chi connectivity index (χ0) is 11.3. The highest BCUT2D eigenvalue weighted by atomic mass is 16.4. The number of aliphatic carboxylic acids is 1. The number of rotatable bonds is 5. The zero-order valence-electron chi connectivity index (χ0n) is 8.27. The van der Waals surface area contributed by atoms with E-state index in [4.69, 9.17) is 9.52 Å². The van der Waals surface area contributed by atoms with Gasteiger partial charge in [-0.25, -0.2) is 4.98 Å². The van der Waals surface area contributed by atoms with E-state index in [2.05, 4.69) is 10.3 Å². The Balaban J connectivity index is 2.33. The Hall–Kier alpha value is -1.85. The first-order chi connectivity index (χ1) is 7.08. The van der Waals surface area contributed by atoms with Gasteiger partial charge in [0.2, 0.25) is 5.91 Å². The molecule has 0 radical (unpaired) electrons. The maximum atomic E-state index is 11.3. The maximum absolute atomic E-state index is 11.3. The van der Waals surface area contributed by atoms with Gasteiger partial charge in [-0.3, -0.25) is 9.59 Å². The van der Waals surface area contributed by atoms with Crippen molar-refractivity contribution >= 4 is 11.9 Å². The van der Waals surface area contributed by atoms with Crippen molar-refractivity contribution < 1.29 is 19.1 Å². The number of carboxylic acid groups (broad SMARTS) is 1. The van der Waals surface area contributed by atoms with Crippen molar-refractivity contribution in [3.63, 3.8) is 0 Å². The summed E-state index contributed by atoms with van der Waals surface area (Å²) < 4.78 is 4.70. The molecule has 0 saturated heterocycles. The smallest absolute Gasteiger partial charge is 0.305 e. The number of carbonyl (C=O) groups is 2. The number of hydrogen-bond donors (Lipinski definition) is 2. The van der Waals surface area contributed by atoms with Gasteiger partial charge in [0.25, 0.3) is 0 Å². The number of carbonyl (C=O) groups excluding carboxylic acids is 1. The lowest BCUT2D eigenvalue weighted by Crippen LogP contribution is -2.35. The van der Waals surface area contributed by atoms with Crippen LogP contribution < -0.4 is 5.32 Å². The summed E-state index contributed by atoms with van der Waals surface area (Å²) in [7, 11) is 0. The predicted octanol–water partition coefficient (Wildman–Crippen LogP) is 0.196. The van der Waals surface area contributed by atoms with E-state index in [9.17, 15) is 9.59 Å². The molecule has 0 bridgehead atoms. The molecule has 1 aromatic rings. The van der Waals surface area contributed by atoms with Crippen LogP contribution in [0.1, 0.15) is 19.0 Å². The minimum absolute atomic E-state index is 0.0927. The molecule has 0 aliphatic carbocycles. The van der Waals surface area contributed by atoms with Crippen LogP contribution in [-0.2, 0) is 16.0 Å². The van der Waals surface area contributed by atoms with Gasteiger partial charge in [0, 0.05) is 6.04 Å². The molecule has 0 saturated carbocycles. The molecule has 1 unspecified atom stereocenters. The van der Waals surface area contributed by atoms with Crippen LogP contribution in [0.2, 0.25) is 0 Å². The second-order valence-corrected chi connectivity index (χ2v) is 3.22. The molecule has 82 valence electrons. The summed E-state index contributed by atoms with van der Waals surface area (Å²) in [6.07, 6.45) is 2.62. The Morgan fingerprint density at radius 1 is 1.67 bits per heavy atom. The van der Waals surface area contributed by atoms with Gasteiger partial charge in [-0.15, -0.1) is 0 Å². The molecule has 1 aromatic heterocycles. The number of nitrogens with zero attached hydrogens (tertiary/aromatic N) is 1. The molecule has 1 rings (SSSR count). The van der Waals surface area contributed by atoms with Gasteiger partial charge in [0.1, 0.15) is 6.26 Å². The first kappa shape index (κ1) is 11.2. The molecule has 15 heavy (non-hydrogen) atoms. The molecule has 0 spiro atoms. The van der Waals surface area contributed by atoms with E-state index in [1.807, 2.05) is 0 Å². The van der Waals surface area contributed by atoms with Crippen LogP contribution in [0.5, 0.6) is 0 Å². The average molecular weight is 212 g/mol. The second kappa shape index (κ2) is 5.14. The lowest BCUT2D eigenvalue weighted by atomic mass is 10.2. The quantitative estimate of drug-likeness (QED) is 0.727. The van der Waals surface area contributed by atoms with Crippen LogP contribution in [0.4, 0.5) is 0 Å². The summed E-state index contributed by atoms with van der Waals surface area (Å²) in [6.45, 7) is 1.63. The van der Waals surface area contributed by atoms with Gasteiger partial charge in [-0.1, -0.05) is 0 Å². The van der Waals surface area contributed by atoms with Crippen molar-refractivity contribution in [3.8, 4) is 0 Å². The largest absolute Gasteiger partial charge is 0.481 e. The third kappa shape index (κ3) is 4.26. The summed E-state index contributed by atoms with van der Waals surface area (Å²) in [6, 6.07) is -0.387. The highest BCUT2D eigenvalue weighted by Crippen LogP contribution is 1.97. The van der Waals surface area contributed by atoms with Crippen molar-refractivity contribution in [1.82, 2.24) is 10.3 Å². The first-order valence-electron chi connectivity index (χ1n) is 4.46. The fourth-order valence-electron chi connectivity index (χ4n) is 1.13. The standard InChI is InChI=1S/C9H12N2O4/c1-6(2-9(13)14)11-8(12)3-7-4-15-5-10-7/h4-6H,2-3H2,1H3,(H,11,12)(H,13,14). The Bertz CT molecular complexity index is 334. The number of aromatic nitrogens is 1. The molecule has 0 aliphatic heterocycles. The summed E-state index contributed by atoms with van der Waals surface area (Å²) in [5.74, 6) is -1.21. The Kier molecular flexibility index (Phi) is 3.84. The first-order valence-corrected chi connectivity index (χ1v) is 4.46. The van der Waals surface area contributed by atoms with E-state index < -0.39 is 5.97 Å². The van der Waals surface area contributed by atoms with Crippen LogP contribution in [-0.4, -0.2) is 28.0 Å². The highest BCUT2D eigenvalue weighted by Gasteiger charge is 2.12. The number of hydrogen-bond acceptors (Lipinski definition) is 4. The van der Waals surface area contributed by atoms with E-state index in [0.29, 0.717) is 5.69 Å². The van der Waals surface area contributed by atoms with E-state index in [0.717, 1.165) is 0 Å². The molecule has 0 aromatic carbocycles. The molecule has 1 amide bonds. The fourth-order valence-corrected chi connectivity index (χ4v) is 1.13. The molecule has 0 fully saturated rings. The summed E-state index contributed by atoms with van der Waals surface area (Å²) in [5, 5.41) is 11.0. The molecule has 0 aliphatic rings. The van der Waals surface area contributed by atoms with Gasteiger partial charge in [-0.2, -0.15) is 0 Å². The molecule has 1 atom stereocenters. The van der Waals surface area contributed by atoms with Crippen LogP contribution >= 0.6 is 0 Å². The highest BCUT2D eigenvalue weighted by molar-refractivity contribution is 5.79. The van der Waals surface area contributed by atoms with Crippen molar-refractivity contribution in [3.05, 3.63) is 18.4 Å². The number of nitrogens with one attached hydrogen (secondary N) is 1. The molecular weight excluding hydrogens is 200 g/mol. The Labute approximate surface area is 86.3 Å². The SMILES string of the molecule is CC(CC(=O)O)NC(=O)Cc1cocn1. The number of amides is 1. The van der Waals surface area contributed by atoms with E-state index in [-0.39, 0.29) is 24.8 Å². The minimum Gasteiger partial charge on any atom is -0.481 e. The molecule has 2 N–H and O–H groups in total. The van der Waals surface area contributed by atoms with Crippen LogP contribution in [0.3, 0.4) is 0 Å². The number of oxazole rings is 1. The molecule has 1 heterocycles. The van der Waals surface area contributed by atoms with Crippen molar-refractivity contribution in [2.24, 2.45) is 0 Å². The van der Waals surface area contributed by atoms with Gasteiger partial charge in [0.05, 0.1) is 18.5 Å². The fraction of sp³-hybridized carbons (Fsp3) is 0.444. The van der Waals surface area contributed by atoms with E-state index in [1.165, 1.54) is 12.7 Å². The van der Waals surface area contributed by atoms with Crippen molar-refractivity contribution in [2.45, 2.75) is 25.8 Å².